The molecule has 1 aliphatic rings. The van der Waals surface area contributed by atoms with Crippen LogP contribution in [-0.2, 0) is 9.59 Å². The van der Waals surface area contributed by atoms with Crippen LogP contribution in [0.4, 0.5) is 14.9 Å². The molecular formula is C16H19FN2O5. The van der Waals surface area contributed by atoms with Crippen molar-refractivity contribution < 1.29 is 29.0 Å². The number of aliphatic carboxylic acids is 2. The van der Waals surface area contributed by atoms with Crippen molar-refractivity contribution in [2.75, 3.05) is 25.0 Å². The van der Waals surface area contributed by atoms with Crippen LogP contribution in [0.25, 0.3) is 0 Å². The van der Waals surface area contributed by atoms with Gasteiger partial charge in [-0.1, -0.05) is 0 Å². The Kier molecular flexibility index (Phi) is 5.06. The predicted octanol–water partition coefficient (Wildman–Crippen LogP) is 2.02. The molecule has 0 aromatic heterocycles. The van der Waals surface area contributed by atoms with Gasteiger partial charge in [-0.05, 0) is 37.1 Å². The molecule has 0 radical (unpaired) electrons. The van der Waals surface area contributed by atoms with Gasteiger partial charge in [0.1, 0.15) is 5.82 Å². The molecule has 0 bridgehead atoms. The van der Waals surface area contributed by atoms with E-state index in [0.29, 0.717) is 5.69 Å². The standard InChI is InChI=1S/C16H19FN2O5/c1-18(12-4-2-11(17)3-5-12)15(24)19-8-6-16(7-9-19,14(22)23)10-13(20)21/h2-5H,6-10H2,1H3,(H,20,21)(H,22,23). The number of rotatable bonds is 4. The Morgan fingerprint density at radius 1 is 1.17 bits per heavy atom. The van der Waals surface area contributed by atoms with E-state index in [4.69, 9.17) is 5.11 Å². The maximum absolute atomic E-state index is 13.0. The molecule has 0 saturated carbocycles. The maximum atomic E-state index is 13.0. The van der Waals surface area contributed by atoms with Crippen LogP contribution < -0.4 is 4.90 Å². The van der Waals surface area contributed by atoms with Crippen molar-refractivity contribution in [3.8, 4) is 0 Å². The highest BCUT2D eigenvalue weighted by Gasteiger charge is 2.44. The zero-order valence-corrected chi connectivity index (χ0v) is 13.2. The summed E-state index contributed by atoms with van der Waals surface area (Å²) in [5.41, 5.74) is -0.821. The summed E-state index contributed by atoms with van der Waals surface area (Å²) in [6.45, 7) is 0.313. The number of carboxylic acid groups (broad SMARTS) is 2. The summed E-state index contributed by atoms with van der Waals surface area (Å²) in [4.78, 5) is 37.7. The molecule has 0 spiro atoms. The number of nitrogens with zero attached hydrogens (tertiary/aromatic N) is 2. The first kappa shape index (κ1) is 17.7. The van der Waals surface area contributed by atoms with Gasteiger partial charge in [0.2, 0.25) is 0 Å². The third-order valence-corrected chi connectivity index (χ3v) is 4.44. The number of benzene rings is 1. The molecule has 2 amide bonds. The highest BCUT2D eigenvalue weighted by atomic mass is 19.1. The first-order valence-corrected chi connectivity index (χ1v) is 7.48. The zero-order chi connectivity index (χ0) is 17.9. The van der Waals surface area contributed by atoms with Gasteiger partial charge in [0, 0.05) is 25.8 Å². The van der Waals surface area contributed by atoms with Crippen LogP contribution in [0.5, 0.6) is 0 Å². The minimum atomic E-state index is -1.34. The number of halogens is 1. The lowest BCUT2D eigenvalue weighted by Crippen LogP contribution is -2.50. The lowest BCUT2D eigenvalue weighted by molar-refractivity contribution is -0.158. The van der Waals surface area contributed by atoms with E-state index in [-0.39, 0.29) is 32.0 Å². The van der Waals surface area contributed by atoms with E-state index < -0.39 is 29.6 Å². The van der Waals surface area contributed by atoms with Crippen LogP contribution in [0.2, 0.25) is 0 Å². The van der Waals surface area contributed by atoms with Crippen molar-refractivity contribution in [1.29, 1.82) is 0 Å². The summed E-state index contributed by atoms with van der Waals surface area (Å²) in [6.07, 6.45) is -0.298. The van der Waals surface area contributed by atoms with E-state index in [1.807, 2.05) is 0 Å². The topological polar surface area (TPSA) is 98.2 Å². The van der Waals surface area contributed by atoms with Crippen LogP contribution in [0.3, 0.4) is 0 Å². The van der Waals surface area contributed by atoms with Crippen molar-refractivity contribution >= 4 is 23.7 Å². The summed E-state index contributed by atoms with van der Waals surface area (Å²) < 4.78 is 13.0. The minimum Gasteiger partial charge on any atom is -0.481 e. The van der Waals surface area contributed by atoms with Crippen molar-refractivity contribution in [2.45, 2.75) is 19.3 Å². The summed E-state index contributed by atoms with van der Waals surface area (Å²) in [6, 6.07) is 5.11. The van der Waals surface area contributed by atoms with Crippen LogP contribution in [-0.4, -0.2) is 53.2 Å². The average molecular weight is 338 g/mol. The Morgan fingerprint density at radius 2 is 1.71 bits per heavy atom. The third kappa shape index (κ3) is 3.64. The number of hydrogen-bond acceptors (Lipinski definition) is 3. The first-order valence-electron chi connectivity index (χ1n) is 7.48. The maximum Gasteiger partial charge on any atom is 0.324 e. The van der Waals surface area contributed by atoms with Gasteiger partial charge < -0.3 is 15.1 Å². The Balaban J connectivity index is 2.05. The van der Waals surface area contributed by atoms with Crippen molar-refractivity contribution in [3.63, 3.8) is 0 Å². The molecule has 2 rings (SSSR count). The SMILES string of the molecule is CN(C(=O)N1CCC(CC(=O)O)(C(=O)O)CC1)c1ccc(F)cc1. The molecule has 1 aliphatic heterocycles. The van der Waals surface area contributed by atoms with Crippen LogP contribution in [0, 0.1) is 11.2 Å². The number of carbonyl (C=O) groups is 3. The molecule has 1 fully saturated rings. The van der Waals surface area contributed by atoms with Crippen molar-refractivity contribution in [1.82, 2.24) is 4.90 Å². The monoisotopic (exact) mass is 338 g/mol. The van der Waals surface area contributed by atoms with E-state index in [0.717, 1.165) is 0 Å². The molecule has 1 aromatic rings. The number of carboxylic acids is 2. The van der Waals surface area contributed by atoms with Gasteiger partial charge in [-0.3, -0.25) is 14.5 Å². The first-order chi connectivity index (χ1) is 11.2. The highest BCUT2D eigenvalue weighted by molar-refractivity contribution is 5.91. The fourth-order valence-corrected chi connectivity index (χ4v) is 2.87. The molecule has 8 heteroatoms. The molecule has 2 N–H and O–H groups in total. The second kappa shape index (κ2) is 6.86. The number of amides is 2. The van der Waals surface area contributed by atoms with Gasteiger partial charge in [-0.25, -0.2) is 9.18 Å². The quantitative estimate of drug-likeness (QED) is 0.875. The number of hydrogen-bond donors (Lipinski definition) is 2. The summed E-state index contributed by atoms with van der Waals surface area (Å²) in [7, 11) is 1.55. The van der Waals surface area contributed by atoms with Crippen molar-refractivity contribution in [2.24, 2.45) is 5.41 Å². The van der Waals surface area contributed by atoms with Gasteiger partial charge in [0.25, 0.3) is 0 Å². The lowest BCUT2D eigenvalue weighted by atomic mass is 9.76. The highest BCUT2D eigenvalue weighted by Crippen LogP contribution is 2.36. The fraction of sp³-hybridized carbons (Fsp3) is 0.438. The smallest absolute Gasteiger partial charge is 0.324 e. The third-order valence-electron chi connectivity index (χ3n) is 4.44. The predicted molar refractivity (Wildman–Crippen MR) is 83.3 cm³/mol. The van der Waals surface area contributed by atoms with Gasteiger partial charge in [0.05, 0.1) is 11.8 Å². The Morgan fingerprint density at radius 3 is 2.17 bits per heavy atom. The molecule has 1 saturated heterocycles. The Hall–Kier alpha value is -2.64. The number of urea groups is 1. The van der Waals surface area contributed by atoms with E-state index in [9.17, 15) is 23.9 Å². The fourth-order valence-electron chi connectivity index (χ4n) is 2.87. The van der Waals surface area contributed by atoms with Crippen LogP contribution in [0.1, 0.15) is 19.3 Å². The molecular weight excluding hydrogens is 319 g/mol. The summed E-state index contributed by atoms with van der Waals surface area (Å²) in [5, 5.41) is 18.3. The van der Waals surface area contributed by atoms with E-state index in [1.54, 1.807) is 7.05 Å². The molecule has 7 nitrogen and oxygen atoms in total. The van der Waals surface area contributed by atoms with Crippen LogP contribution in [0.15, 0.2) is 24.3 Å². The average Bonchev–Trinajstić information content (AvgIpc) is 2.54. The minimum absolute atomic E-state index is 0.0810. The number of carbonyl (C=O) groups excluding carboxylic acids is 1. The largest absolute Gasteiger partial charge is 0.481 e. The molecule has 130 valence electrons. The molecule has 0 unspecified atom stereocenters. The van der Waals surface area contributed by atoms with Gasteiger partial charge in [-0.2, -0.15) is 0 Å². The normalized spacial score (nSPS) is 16.5. The van der Waals surface area contributed by atoms with Crippen molar-refractivity contribution in [3.05, 3.63) is 30.1 Å². The number of anilines is 1. The number of piperidine rings is 1. The van der Waals surface area contributed by atoms with Gasteiger partial charge in [-0.15, -0.1) is 0 Å². The van der Waals surface area contributed by atoms with E-state index in [1.165, 1.54) is 34.1 Å². The summed E-state index contributed by atoms with van der Waals surface area (Å²) in [5.74, 6) is -2.72. The molecule has 0 atom stereocenters. The Bertz CT molecular complexity index is 638. The molecule has 0 aliphatic carbocycles. The molecule has 24 heavy (non-hydrogen) atoms. The zero-order valence-electron chi connectivity index (χ0n) is 13.2. The molecule has 1 aromatic carbocycles. The number of likely N-dealkylation sites (tertiary alicyclic amines) is 1. The molecule has 1 heterocycles. The van der Waals surface area contributed by atoms with E-state index in [2.05, 4.69) is 0 Å². The Labute approximate surface area is 138 Å². The second-order valence-corrected chi connectivity index (χ2v) is 5.96. The van der Waals surface area contributed by atoms with Gasteiger partial charge in [0.15, 0.2) is 0 Å². The van der Waals surface area contributed by atoms with E-state index >= 15 is 0 Å². The van der Waals surface area contributed by atoms with Gasteiger partial charge >= 0.3 is 18.0 Å². The second-order valence-electron chi connectivity index (χ2n) is 5.96. The summed E-state index contributed by atoms with van der Waals surface area (Å²) >= 11 is 0. The lowest BCUT2D eigenvalue weighted by Gasteiger charge is -2.39. The van der Waals surface area contributed by atoms with Crippen LogP contribution >= 0.6 is 0 Å².